The molecule has 5 heteroatoms. The van der Waals surface area contributed by atoms with Crippen LogP contribution < -0.4 is 0 Å². The lowest BCUT2D eigenvalue weighted by Crippen LogP contribution is -2.27. The van der Waals surface area contributed by atoms with Crippen LogP contribution in [0.15, 0.2) is 0 Å². The predicted octanol–water partition coefficient (Wildman–Crippen LogP) is 4.07. The molecule has 0 aromatic carbocycles. The molecule has 1 atom stereocenters. The Hall–Kier alpha value is 0.697. The van der Waals surface area contributed by atoms with Crippen LogP contribution in [0.4, 0.5) is 0 Å². The molecule has 0 saturated heterocycles. The summed E-state index contributed by atoms with van der Waals surface area (Å²) in [5.41, 5.74) is 0. The third-order valence-electron chi connectivity index (χ3n) is 1.19. The number of hydrogen-bond donors (Lipinski definition) is 0. The summed E-state index contributed by atoms with van der Waals surface area (Å²) >= 11 is 5.87. The van der Waals surface area contributed by atoms with Crippen LogP contribution in [0.2, 0.25) is 19.6 Å². The minimum absolute atomic E-state index is 0.463. The van der Waals surface area contributed by atoms with Crippen molar-refractivity contribution < 1.29 is 8.78 Å². The highest BCUT2D eigenvalue weighted by Gasteiger charge is 2.39. The maximum atomic E-state index is 11.8. The molecule has 0 saturated carbocycles. The van der Waals surface area contributed by atoms with Crippen molar-refractivity contribution in [3.8, 4) is 0 Å². The van der Waals surface area contributed by atoms with Crippen LogP contribution in [-0.2, 0) is 8.78 Å². The van der Waals surface area contributed by atoms with Crippen molar-refractivity contribution in [3.05, 3.63) is 0 Å². The van der Waals surface area contributed by atoms with E-state index in [2.05, 4.69) is 0 Å². The number of halogens is 1. The van der Waals surface area contributed by atoms with E-state index in [0.717, 1.165) is 0 Å². The van der Waals surface area contributed by atoms with Crippen molar-refractivity contribution in [2.24, 2.45) is 0 Å². The second-order valence-electron chi connectivity index (χ2n) is 4.85. The van der Waals surface area contributed by atoms with Crippen LogP contribution in [0.25, 0.3) is 0 Å². The van der Waals surface area contributed by atoms with Gasteiger partial charge in [0.1, 0.15) is 0 Å². The lowest BCUT2D eigenvalue weighted by atomic mass is 10.3. The molecule has 0 aliphatic rings. The standard InChI is InChI=1S/C7H18ClO2PSi/c1-7(2,3)11(8,9)10-12(4,5)6/h1-6H3. The molecule has 0 heterocycles. The zero-order valence-corrected chi connectivity index (χ0v) is 11.3. The Labute approximate surface area is 81.0 Å². The predicted molar refractivity (Wildman–Crippen MR) is 57.6 cm³/mol. The van der Waals surface area contributed by atoms with Crippen LogP contribution in [0.3, 0.4) is 0 Å². The van der Waals surface area contributed by atoms with E-state index in [4.69, 9.17) is 15.5 Å². The molecule has 0 spiro atoms. The Bertz CT molecular complexity index is 204. The SMILES string of the molecule is CC(C)(C)P(=O)(Cl)O[Si](C)(C)C. The molecule has 12 heavy (non-hydrogen) atoms. The summed E-state index contributed by atoms with van der Waals surface area (Å²) in [6, 6.07) is 0. The van der Waals surface area contributed by atoms with E-state index in [1.54, 1.807) is 0 Å². The van der Waals surface area contributed by atoms with Gasteiger partial charge >= 0.3 is 0 Å². The summed E-state index contributed by atoms with van der Waals surface area (Å²) in [7, 11) is -1.80. The van der Waals surface area contributed by atoms with Crippen LogP contribution >= 0.6 is 18.0 Å². The molecule has 0 amide bonds. The highest BCUT2D eigenvalue weighted by atomic mass is 35.7. The monoisotopic (exact) mass is 228 g/mol. The molecular weight excluding hydrogens is 211 g/mol. The highest BCUT2D eigenvalue weighted by Crippen LogP contribution is 2.64. The molecule has 0 radical (unpaired) electrons. The van der Waals surface area contributed by atoms with E-state index in [1.165, 1.54) is 0 Å². The third-order valence-corrected chi connectivity index (χ3v) is 8.07. The fraction of sp³-hybridized carbons (Fsp3) is 1.00. The van der Waals surface area contributed by atoms with Crippen molar-refractivity contribution in [1.82, 2.24) is 0 Å². The van der Waals surface area contributed by atoms with Crippen molar-refractivity contribution in [3.63, 3.8) is 0 Å². The lowest BCUT2D eigenvalue weighted by Gasteiger charge is -2.30. The van der Waals surface area contributed by atoms with Gasteiger partial charge in [0.15, 0.2) is 8.32 Å². The first-order valence-corrected chi connectivity index (χ1v) is 9.90. The Morgan fingerprint density at radius 1 is 1.25 bits per heavy atom. The average Bonchev–Trinajstić information content (AvgIpc) is 1.52. The zero-order valence-electron chi connectivity index (χ0n) is 8.64. The first-order valence-electron chi connectivity index (χ1n) is 3.96. The largest absolute Gasteiger partial charge is 0.359 e. The van der Waals surface area contributed by atoms with Crippen molar-refractivity contribution >= 4 is 26.3 Å². The maximum Gasteiger partial charge on any atom is 0.285 e. The third kappa shape index (κ3) is 4.08. The maximum absolute atomic E-state index is 11.8. The molecule has 0 fully saturated rings. The van der Waals surface area contributed by atoms with Gasteiger partial charge in [-0.3, -0.25) is 4.57 Å². The summed E-state index contributed by atoms with van der Waals surface area (Å²) < 4.78 is 17.3. The second-order valence-corrected chi connectivity index (χ2v) is 13.4. The first-order chi connectivity index (χ1) is 4.96. The van der Waals surface area contributed by atoms with E-state index in [1.807, 2.05) is 40.4 Å². The van der Waals surface area contributed by atoms with Crippen LogP contribution in [0.1, 0.15) is 20.8 Å². The highest BCUT2D eigenvalue weighted by molar-refractivity contribution is 7.87. The van der Waals surface area contributed by atoms with Gasteiger partial charge in [0.05, 0.1) is 5.16 Å². The Morgan fingerprint density at radius 3 is 1.67 bits per heavy atom. The van der Waals surface area contributed by atoms with E-state index < -0.39 is 20.2 Å². The number of rotatable bonds is 2. The van der Waals surface area contributed by atoms with Crippen molar-refractivity contribution in [2.45, 2.75) is 45.6 Å². The normalized spacial score (nSPS) is 18.9. The minimum Gasteiger partial charge on any atom is -0.359 e. The van der Waals surface area contributed by atoms with Crippen molar-refractivity contribution in [2.75, 3.05) is 0 Å². The van der Waals surface area contributed by atoms with Crippen LogP contribution in [-0.4, -0.2) is 13.5 Å². The summed E-state index contributed by atoms with van der Waals surface area (Å²) in [6.45, 7) is 8.48. The van der Waals surface area contributed by atoms with Gasteiger partial charge in [-0.25, -0.2) is 0 Å². The molecule has 0 aromatic heterocycles. The fourth-order valence-electron chi connectivity index (χ4n) is 0.489. The van der Waals surface area contributed by atoms with E-state index >= 15 is 0 Å². The molecule has 0 rings (SSSR count). The molecule has 0 bridgehead atoms. The molecule has 0 aliphatic carbocycles. The smallest absolute Gasteiger partial charge is 0.285 e. The summed E-state index contributed by atoms with van der Waals surface area (Å²) in [5.74, 6) is 0. The van der Waals surface area contributed by atoms with Gasteiger partial charge in [-0.1, -0.05) is 0 Å². The van der Waals surface area contributed by atoms with Gasteiger partial charge < -0.3 is 4.21 Å². The Morgan fingerprint density at radius 2 is 1.58 bits per heavy atom. The molecule has 74 valence electrons. The van der Waals surface area contributed by atoms with Gasteiger partial charge in [-0.05, 0) is 51.7 Å². The summed E-state index contributed by atoms with van der Waals surface area (Å²) in [6.07, 6.45) is 0. The fourth-order valence-corrected chi connectivity index (χ4v) is 6.27. The Balaban J connectivity index is 4.57. The summed E-state index contributed by atoms with van der Waals surface area (Å²) in [5, 5.41) is -0.463. The lowest BCUT2D eigenvalue weighted by molar-refractivity contribution is 0.467. The number of hydrogen-bond acceptors (Lipinski definition) is 2. The molecule has 0 aliphatic heterocycles. The molecule has 1 unspecified atom stereocenters. The molecule has 0 N–H and O–H groups in total. The van der Waals surface area contributed by atoms with Gasteiger partial charge in [-0.15, -0.1) is 0 Å². The topological polar surface area (TPSA) is 26.3 Å². The minimum atomic E-state index is -2.96. The molecular formula is C7H18ClO2PSi. The Kier molecular flexibility index (Phi) is 3.65. The second kappa shape index (κ2) is 3.45. The average molecular weight is 229 g/mol. The summed E-state index contributed by atoms with van der Waals surface area (Å²) in [4.78, 5) is 0. The van der Waals surface area contributed by atoms with E-state index in [0.29, 0.717) is 0 Å². The van der Waals surface area contributed by atoms with Crippen LogP contribution in [0.5, 0.6) is 0 Å². The van der Waals surface area contributed by atoms with E-state index in [-0.39, 0.29) is 0 Å². The molecule has 0 aromatic rings. The zero-order chi connectivity index (χ0) is 10.2. The molecule has 2 nitrogen and oxygen atoms in total. The van der Waals surface area contributed by atoms with Crippen molar-refractivity contribution in [1.29, 1.82) is 0 Å². The quantitative estimate of drug-likeness (QED) is 0.526. The van der Waals surface area contributed by atoms with E-state index in [9.17, 15) is 4.57 Å². The first kappa shape index (κ1) is 12.7. The van der Waals surface area contributed by atoms with Gasteiger partial charge in [0.25, 0.3) is 6.72 Å². The van der Waals surface area contributed by atoms with Gasteiger partial charge in [0.2, 0.25) is 0 Å². The van der Waals surface area contributed by atoms with Crippen LogP contribution in [0, 0.1) is 0 Å². The van der Waals surface area contributed by atoms with Gasteiger partial charge in [0, 0.05) is 0 Å². The van der Waals surface area contributed by atoms with Gasteiger partial charge in [-0.2, -0.15) is 0 Å².